The Morgan fingerprint density at radius 2 is 1.92 bits per heavy atom. The largest absolute Gasteiger partial charge is 0.493 e. The van der Waals surface area contributed by atoms with Crippen LogP contribution in [0.25, 0.3) is 6.08 Å². The van der Waals surface area contributed by atoms with Gasteiger partial charge in [-0.25, -0.2) is 4.79 Å². The Morgan fingerprint density at radius 1 is 1.14 bits per heavy atom. The number of imide groups is 2. The number of benzene rings is 2. The second kappa shape index (κ2) is 11.1. The maximum absolute atomic E-state index is 13.1. The Balaban J connectivity index is 1.65. The first-order valence-electron chi connectivity index (χ1n) is 11.0. The van der Waals surface area contributed by atoms with Gasteiger partial charge in [0.2, 0.25) is 0 Å². The molecule has 0 unspecified atom stereocenters. The van der Waals surface area contributed by atoms with Gasteiger partial charge in [0.1, 0.15) is 17.9 Å². The zero-order valence-electron chi connectivity index (χ0n) is 19.5. The molecule has 0 atom stereocenters. The number of hydrogen-bond acceptors (Lipinski definition) is 6. The highest BCUT2D eigenvalue weighted by atomic mass is 79.9. The number of halogens is 1. The average Bonchev–Trinajstić information content (AvgIpc) is 3.38. The SMILES string of the molecule is C=CCc1cc(/C=C2\C(=O)NC(=O)N(Cc3ccco3)C2=O)cc(OC)c1OCc1ccc(Br)cc1. The molecule has 1 aliphatic heterocycles. The standard InChI is InChI=1S/C27H23BrN2O6/c1-3-5-19-12-18(14-23(34-2)24(19)36-16-17-7-9-20(28)10-8-17)13-22-25(31)29-27(33)30(26(22)32)15-21-6-4-11-35-21/h3-4,6-14H,1,5,15-16H2,2H3,(H,29,31,33)/b22-13+. The van der Waals surface area contributed by atoms with E-state index in [2.05, 4.69) is 27.8 Å². The number of allylic oxidation sites excluding steroid dienone is 1. The summed E-state index contributed by atoms with van der Waals surface area (Å²) in [6, 6.07) is 13.7. The van der Waals surface area contributed by atoms with Gasteiger partial charge >= 0.3 is 6.03 Å². The third-order valence-electron chi connectivity index (χ3n) is 5.43. The third kappa shape index (κ3) is 5.58. The molecule has 4 amide bonds. The van der Waals surface area contributed by atoms with E-state index in [0.29, 0.717) is 35.9 Å². The van der Waals surface area contributed by atoms with Gasteiger partial charge in [-0.2, -0.15) is 0 Å². The Bertz CT molecular complexity index is 1330. The summed E-state index contributed by atoms with van der Waals surface area (Å²) < 4.78 is 17.9. The van der Waals surface area contributed by atoms with E-state index in [1.807, 2.05) is 24.3 Å². The minimum Gasteiger partial charge on any atom is -0.493 e. The molecule has 0 saturated carbocycles. The van der Waals surface area contributed by atoms with E-state index in [1.165, 1.54) is 19.4 Å². The van der Waals surface area contributed by atoms with Crippen LogP contribution in [0.15, 0.2) is 81.9 Å². The molecule has 2 heterocycles. The van der Waals surface area contributed by atoms with Crippen LogP contribution in [0, 0.1) is 0 Å². The van der Waals surface area contributed by atoms with E-state index in [9.17, 15) is 14.4 Å². The van der Waals surface area contributed by atoms with Crippen molar-refractivity contribution in [3.8, 4) is 11.5 Å². The molecule has 0 radical (unpaired) electrons. The monoisotopic (exact) mass is 550 g/mol. The number of urea groups is 1. The number of ether oxygens (including phenoxy) is 2. The van der Waals surface area contributed by atoms with Crippen molar-refractivity contribution < 1.29 is 28.3 Å². The minimum atomic E-state index is -0.805. The van der Waals surface area contributed by atoms with Crippen molar-refractivity contribution in [3.05, 3.63) is 99.9 Å². The molecule has 0 spiro atoms. The fourth-order valence-corrected chi connectivity index (χ4v) is 3.95. The normalized spacial score (nSPS) is 14.7. The lowest BCUT2D eigenvalue weighted by atomic mass is 10.0. The zero-order valence-corrected chi connectivity index (χ0v) is 21.0. The number of methoxy groups -OCH3 is 1. The second-order valence-corrected chi connectivity index (χ2v) is 8.82. The fourth-order valence-electron chi connectivity index (χ4n) is 3.69. The summed E-state index contributed by atoms with van der Waals surface area (Å²) >= 11 is 3.42. The van der Waals surface area contributed by atoms with Crippen LogP contribution in [0.3, 0.4) is 0 Å². The lowest BCUT2D eigenvalue weighted by Crippen LogP contribution is -2.53. The van der Waals surface area contributed by atoms with Crippen molar-refractivity contribution >= 4 is 39.9 Å². The molecule has 36 heavy (non-hydrogen) atoms. The molecule has 4 rings (SSSR count). The first kappa shape index (κ1) is 25.0. The highest BCUT2D eigenvalue weighted by molar-refractivity contribution is 9.10. The summed E-state index contributed by atoms with van der Waals surface area (Å²) in [6.45, 7) is 4.03. The molecular formula is C27H23BrN2O6. The van der Waals surface area contributed by atoms with Crippen molar-refractivity contribution in [2.24, 2.45) is 0 Å². The molecule has 1 N–H and O–H groups in total. The summed E-state index contributed by atoms with van der Waals surface area (Å²) in [7, 11) is 1.51. The number of barbiturate groups is 1. The lowest BCUT2D eigenvalue weighted by Gasteiger charge is -2.25. The molecule has 8 nitrogen and oxygen atoms in total. The van der Waals surface area contributed by atoms with Crippen molar-refractivity contribution in [1.82, 2.24) is 10.2 Å². The quantitative estimate of drug-likeness (QED) is 0.228. The summed E-state index contributed by atoms with van der Waals surface area (Å²) in [5.41, 5.74) is 2.09. The highest BCUT2D eigenvalue weighted by Gasteiger charge is 2.36. The fraction of sp³-hybridized carbons (Fsp3) is 0.148. The number of nitrogens with zero attached hydrogens (tertiary/aromatic N) is 1. The molecule has 0 aliphatic carbocycles. The zero-order chi connectivity index (χ0) is 25.7. The lowest BCUT2D eigenvalue weighted by molar-refractivity contribution is -0.130. The van der Waals surface area contributed by atoms with Gasteiger partial charge in [-0.3, -0.25) is 19.8 Å². The second-order valence-electron chi connectivity index (χ2n) is 7.91. The number of carbonyl (C=O) groups excluding carboxylic acids is 3. The Hall–Kier alpha value is -4.11. The predicted molar refractivity (Wildman–Crippen MR) is 136 cm³/mol. The Morgan fingerprint density at radius 3 is 2.58 bits per heavy atom. The minimum absolute atomic E-state index is 0.101. The average molecular weight is 551 g/mol. The topological polar surface area (TPSA) is 98.1 Å². The van der Waals surface area contributed by atoms with Crippen LogP contribution in [0.5, 0.6) is 11.5 Å². The summed E-state index contributed by atoms with van der Waals surface area (Å²) in [5, 5.41) is 2.21. The van der Waals surface area contributed by atoms with Gasteiger partial charge in [0, 0.05) is 10.0 Å². The van der Waals surface area contributed by atoms with E-state index in [-0.39, 0.29) is 12.1 Å². The number of carbonyl (C=O) groups is 3. The van der Waals surface area contributed by atoms with E-state index >= 15 is 0 Å². The molecular weight excluding hydrogens is 528 g/mol. The molecule has 1 aromatic heterocycles. The van der Waals surface area contributed by atoms with Gasteiger partial charge in [-0.05, 0) is 60.0 Å². The summed E-state index contributed by atoms with van der Waals surface area (Å²) in [6.07, 6.45) is 5.05. The number of nitrogens with one attached hydrogen (secondary N) is 1. The van der Waals surface area contributed by atoms with Gasteiger partial charge in [-0.15, -0.1) is 6.58 Å². The van der Waals surface area contributed by atoms with E-state index < -0.39 is 17.8 Å². The van der Waals surface area contributed by atoms with Gasteiger partial charge in [0.15, 0.2) is 11.5 Å². The number of amides is 4. The van der Waals surface area contributed by atoms with E-state index in [4.69, 9.17) is 13.9 Å². The van der Waals surface area contributed by atoms with Crippen LogP contribution < -0.4 is 14.8 Å². The molecule has 3 aromatic rings. The predicted octanol–water partition coefficient (Wildman–Crippen LogP) is 5.02. The molecule has 184 valence electrons. The van der Waals surface area contributed by atoms with Gasteiger partial charge in [-0.1, -0.05) is 34.1 Å². The van der Waals surface area contributed by atoms with Crippen LogP contribution in [-0.2, 0) is 29.2 Å². The van der Waals surface area contributed by atoms with Crippen LogP contribution in [0.4, 0.5) is 4.79 Å². The Labute approximate surface area is 216 Å². The van der Waals surface area contributed by atoms with E-state index in [0.717, 1.165) is 20.5 Å². The van der Waals surface area contributed by atoms with Gasteiger partial charge in [0.25, 0.3) is 11.8 Å². The maximum atomic E-state index is 13.1. The van der Waals surface area contributed by atoms with Crippen LogP contribution in [-0.4, -0.2) is 29.9 Å². The maximum Gasteiger partial charge on any atom is 0.331 e. The number of rotatable bonds is 9. The number of hydrogen-bond donors (Lipinski definition) is 1. The van der Waals surface area contributed by atoms with Crippen molar-refractivity contribution in [2.75, 3.05) is 7.11 Å². The third-order valence-corrected chi connectivity index (χ3v) is 5.95. The van der Waals surface area contributed by atoms with Crippen molar-refractivity contribution in [3.63, 3.8) is 0 Å². The molecule has 0 bridgehead atoms. The molecule has 1 aliphatic rings. The first-order valence-corrected chi connectivity index (χ1v) is 11.8. The first-order chi connectivity index (χ1) is 17.4. The van der Waals surface area contributed by atoms with E-state index in [1.54, 1.807) is 30.3 Å². The summed E-state index contributed by atoms with van der Waals surface area (Å²) in [4.78, 5) is 38.8. The molecule has 2 aromatic carbocycles. The Kier molecular flexibility index (Phi) is 7.70. The molecule has 1 saturated heterocycles. The van der Waals surface area contributed by atoms with Crippen LogP contribution in [0.1, 0.15) is 22.5 Å². The van der Waals surface area contributed by atoms with Crippen molar-refractivity contribution in [1.29, 1.82) is 0 Å². The van der Waals surface area contributed by atoms with Gasteiger partial charge < -0.3 is 13.9 Å². The number of furan rings is 1. The van der Waals surface area contributed by atoms with Gasteiger partial charge in [0.05, 0.1) is 19.9 Å². The molecule has 9 heteroatoms. The summed E-state index contributed by atoms with van der Waals surface area (Å²) in [5.74, 6) is -0.114. The van der Waals surface area contributed by atoms with Crippen LogP contribution in [0.2, 0.25) is 0 Å². The molecule has 1 fully saturated rings. The smallest absolute Gasteiger partial charge is 0.331 e. The highest BCUT2D eigenvalue weighted by Crippen LogP contribution is 2.35. The van der Waals surface area contributed by atoms with Crippen molar-refractivity contribution in [2.45, 2.75) is 19.6 Å². The van der Waals surface area contributed by atoms with Crippen LogP contribution >= 0.6 is 15.9 Å².